The zero-order valence-electron chi connectivity index (χ0n) is 11.3. The van der Waals surface area contributed by atoms with E-state index in [1.165, 1.54) is 5.57 Å². The van der Waals surface area contributed by atoms with Gasteiger partial charge in [0.25, 0.3) is 0 Å². The van der Waals surface area contributed by atoms with E-state index in [1.807, 2.05) is 26.8 Å². The smallest absolute Gasteiger partial charge is 0.0931 e. The normalized spacial score (nSPS) is 14.1. The van der Waals surface area contributed by atoms with Gasteiger partial charge in [-0.3, -0.25) is 0 Å². The Morgan fingerprint density at radius 2 is 1.94 bits per heavy atom. The summed E-state index contributed by atoms with van der Waals surface area (Å²) < 4.78 is 0. The second kappa shape index (κ2) is 7.91. The molecule has 0 unspecified atom stereocenters. The third-order valence-electron chi connectivity index (χ3n) is 2.28. The lowest BCUT2D eigenvalue weighted by Gasteiger charge is -2.03. The zero-order chi connectivity index (χ0) is 12.6. The summed E-state index contributed by atoms with van der Waals surface area (Å²) in [6, 6.07) is 0. The van der Waals surface area contributed by atoms with Crippen molar-refractivity contribution in [2.75, 3.05) is 0 Å². The molecule has 1 N–H and O–H groups in total. The number of nitrogens with zero attached hydrogens (tertiary/aromatic N) is 1. The van der Waals surface area contributed by atoms with Crippen LogP contribution in [0.5, 0.6) is 0 Å². The SMILES string of the molecule is CC.C\C=C(/C=c1/[nH]cn/c1=C/C)C(C)C. The van der Waals surface area contributed by atoms with Gasteiger partial charge in [0.1, 0.15) is 0 Å². The van der Waals surface area contributed by atoms with Crippen LogP contribution in [-0.4, -0.2) is 9.97 Å². The lowest BCUT2D eigenvalue weighted by Crippen LogP contribution is -2.24. The molecule has 0 saturated heterocycles. The molecule has 90 valence electrons. The Morgan fingerprint density at radius 1 is 1.31 bits per heavy atom. The van der Waals surface area contributed by atoms with E-state index >= 15 is 0 Å². The van der Waals surface area contributed by atoms with Gasteiger partial charge in [0.2, 0.25) is 0 Å². The van der Waals surface area contributed by atoms with E-state index in [-0.39, 0.29) is 0 Å². The molecule has 2 heteroatoms. The molecule has 0 aliphatic carbocycles. The van der Waals surface area contributed by atoms with Crippen molar-refractivity contribution in [1.29, 1.82) is 0 Å². The summed E-state index contributed by atoms with van der Waals surface area (Å²) in [6.07, 6.45) is 8.04. The lowest BCUT2D eigenvalue weighted by atomic mass is 10.0. The average molecular weight is 220 g/mol. The van der Waals surface area contributed by atoms with Gasteiger partial charge in [-0.2, -0.15) is 0 Å². The fourth-order valence-corrected chi connectivity index (χ4v) is 1.41. The summed E-state index contributed by atoms with van der Waals surface area (Å²) in [6.45, 7) is 12.4. The molecule has 16 heavy (non-hydrogen) atoms. The van der Waals surface area contributed by atoms with Gasteiger partial charge < -0.3 is 4.98 Å². The molecule has 0 atom stereocenters. The fourth-order valence-electron chi connectivity index (χ4n) is 1.41. The molecule has 1 aromatic heterocycles. The van der Waals surface area contributed by atoms with Crippen LogP contribution in [0.4, 0.5) is 0 Å². The van der Waals surface area contributed by atoms with Crippen LogP contribution in [0.1, 0.15) is 41.5 Å². The van der Waals surface area contributed by atoms with E-state index in [0.29, 0.717) is 5.92 Å². The Kier molecular flexibility index (Phi) is 7.27. The summed E-state index contributed by atoms with van der Waals surface area (Å²) in [7, 11) is 0. The van der Waals surface area contributed by atoms with Gasteiger partial charge in [0, 0.05) is 0 Å². The molecular formula is C14H24N2. The van der Waals surface area contributed by atoms with Gasteiger partial charge >= 0.3 is 0 Å². The molecule has 1 aromatic rings. The topological polar surface area (TPSA) is 28.7 Å². The molecular weight excluding hydrogens is 196 g/mol. The maximum atomic E-state index is 4.21. The number of hydrogen-bond donors (Lipinski definition) is 1. The number of hydrogen-bond acceptors (Lipinski definition) is 1. The Morgan fingerprint density at radius 3 is 2.38 bits per heavy atom. The average Bonchev–Trinajstić information content (AvgIpc) is 2.75. The summed E-state index contributed by atoms with van der Waals surface area (Å²) >= 11 is 0. The highest BCUT2D eigenvalue weighted by molar-refractivity contribution is 5.46. The van der Waals surface area contributed by atoms with Crippen LogP contribution in [0.15, 0.2) is 18.0 Å². The standard InChI is InChI=1S/C12H18N2.C2H6/c1-5-10(9(3)4)7-12-11(6-2)13-8-14-12;1-2/h5-9H,1-4H3,(H,13,14);1-2H3/b10-5+,11-6+,12-7+;. The largest absolute Gasteiger partial charge is 0.345 e. The Labute approximate surface area is 98.8 Å². The number of imidazole rings is 1. The molecule has 0 spiro atoms. The van der Waals surface area contributed by atoms with Crippen molar-refractivity contribution >= 4 is 12.2 Å². The first-order chi connectivity index (χ1) is 7.69. The van der Waals surface area contributed by atoms with Gasteiger partial charge in [0.05, 0.1) is 17.0 Å². The molecule has 0 fully saturated rings. The van der Waals surface area contributed by atoms with Gasteiger partial charge in [-0.05, 0) is 31.4 Å². The van der Waals surface area contributed by atoms with E-state index in [0.717, 1.165) is 10.7 Å². The summed E-state index contributed by atoms with van der Waals surface area (Å²) in [5.41, 5.74) is 1.33. The number of aromatic nitrogens is 2. The predicted octanol–water partition coefficient (Wildman–Crippen LogP) is 2.62. The van der Waals surface area contributed by atoms with Gasteiger partial charge in [-0.25, -0.2) is 4.98 Å². The zero-order valence-corrected chi connectivity index (χ0v) is 11.3. The number of H-pyrrole nitrogens is 1. The summed E-state index contributed by atoms with van der Waals surface area (Å²) in [5.74, 6) is 0.549. The first-order valence-electron chi connectivity index (χ1n) is 6.02. The van der Waals surface area contributed by atoms with Gasteiger partial charge in [-0.1, -0.05) is 39.8 Å². The van der Waals surface area contributed by atoms with Crippen molar-refractivity contribution in [2.45, 2.75) is 41.5 Å². The minimum atomic E-state index is 0.549. The lowest BCUT2D eigenvalue weighted by molar-refractivity contribution is 0.799. The van der Waals surface area contributed by atoms with Gasteiger partial charge in [0.15, 0.2) is 0 Å². The number of rotatable bonds is 2. The second-order valence-corrected chi connectivity index (χ2v) is 3.58. The van der Waals surface area contributed by atoms with E-state index in [2.05, 4.69) is 42.9 Å². The van der Waals surface area contributed by atoms with Crippen molar-refractivity contribution in [1.82, 2.24) is 9.97 Å². The van der Waals surface area contributed by atoms with Crippen molar-refractivity contribution < 1.29 is 0 Å². The molecule has 1 heterocycles. The van der Waals surface area contributed by atoms with E-state index in [9.17, 15) is 0 Å². The first-order valence-corrected chi connectivity index (χ1v) is 6.02. The molecule has 0 aromatic carbocycles. The van der Waals surface area contributed by atoms with Gasteiger partial charge in [-0.15, -0.1) is 0 Å². The van der Waals surface area contributed by atoms with Crippen LogP contribution in [0.25, 0.3) is 12.2 Å². The van der Waals surface area contributed by atoms with Crippen LogP contribution in [0, 0.1) is 5.92 Å². The minimum Gasteiger partial charge on any atom is -0.345 e. The first kappa shape index (κ1) is 14.7. The highest BCUT2D eigenvalue weighted by Gasteiger charge is 1.97. The van der Waals surface area contributed by atoms with Crippen LogP contribution >= 0.6 is 0 Å². The maximum Gasteiger partial charge on any atom is 0.0931 e. The van der Waals surface area contributed by atoms with E-state index in [4.69, 9.17) is 0 Å². The van der Waals surface area contributed by atoms with Crippen molar-refractivity contribution in [3.05, 3.63) is 28.7 Å². The molecule has 0 amide bonds. The molecule has 0 radical (unpaired) electrons. The summed E-state index contributed by atoms with van der Waals surface area (Å²) in [4.78, 5) is 7.35. The quantitative estimate of drug-likeness (QED) is 0.815. The maximum absolute atomic E-state index is 4.21. The van der Waals surface area contributed by atoms with E-state index in [1.54, 1.807) is 6.33 Å². The molecule has 0 aliphatic rings. The molecule has 2 nitrogen and oxygen atoms in total. The van der Waals surface area contributed by atoms with Crippen molar-refractivity contribution in [2.24, 2.45) is 5.92 Å². The predicted molar refractivity (Wildman–Crippen MR) is 72.4 cm³/mol. The van der Waals surface area contributed by atoms with E-state index < -0.39 is 0 Å². The van der Waals surface area contributed by atoms with Crippen molar-refractivity contribution in [3.8, 4) is 0 Å². The Balaban J connectivity index is 0.00000106. The third-order valence-corrected chi connectivity index (χ3v) is 2.28. The molecule has 0 bridgehead atoms. The van der Waals surface area contributed by atoms with Crippen molar-refractivity contribution in [3.63, 3.8) is 0 Å². The highest BCUT2D eigenvalue weighted by atomic mass is 14.8. The Bertz CT molecular complexity index is 422. The molecule has 0 aliphatic heterocycles. The number of allylic oxidation sites excluding steroid dienone is 2. The fraction of sp³-hybridized carbons (Fsp3) is 0.500. The second-order valence-electron chi connectivity index (χ2n) is 3.58. The minimum absolute atomic E-state index is 0.549. The van der Waals surface area contributed by atoms with Crippen LogP contribution in [0.3, 0.4) is 0 Å². The third kappa shape index (κ3) is 4.05. The van der Waals surface area contributed by atoms with Crippen LogP contribution in [0.2, 0.25) is 0 Å². The monoisotopic (exact) mass is 220 g/mol. The molecule has 0 saturated carbocycles. The highest BCUT2D eigenvalue weighted by Crippen LogP contribution is 2.09. The summed E-state index contributed by atoms with van der Waals surface area (Å²) in [5, 5.41) is 2.11. The van der Waals surface area contributed by atoms with Crippen LogP contribution < -0.4 is 10.7 Å². The molecule has 1 rings (SSSR count). The van der Waals surface area contributed by atoms with Crippen LogP contribution in [-0.2, 0) is 0 Å². The Hall–Kier alpha value is -1.31. The number of nitrogens with one attached hydrogen (secondary N) is 1. The number of aromatic amines is 1.